The zero-order valence-corrected chi connectivity index (χ0v) is 15.3. The van der Waals surface area contributed by atoms with E-state index in [2.05, 4.69) is 15.2 Å². The molecule has 140 valence electrons. The van der Waals surface area contributed by atoms with Crippen LogP contribution in [-0.4, -0.2) is 56.3 Å². The van der Waals surface area contributed by atoms with Crippen molar-refractivity contribution in [2.45, 2.75) is 39.3 Å². The summed E-state index contributed by atoms with van der Waals surface area (Å²) in [7, 11) is 0. The van der Waals surface area contributed by atoms with Gasteiger partial charge in [-0.2, -0.15) is 0 Å². The van der Waals surface area contributed by atoms with Crippen molar-refractivity contribution in [3.8, 4) is 10.9 Å². The summed E-state index contributed by atoms with van der Waals surface area (Å²) in [6, 6.07) is 0. The summed E-state index contributed by atoms with van der Waals surface area (Å²) in [5.74, 6) is -0.865. The number of piperidine rings is 1. The maximum absolute atomic E-state index is 13.2. The molecule has 10 heteroatoms. The molecule has 0 saturated carbocycles. The van der Waals surface area contributed by atoms with Crippen LogP contribution in [0.4, 0.5) is 4.39 Å². The Morgan fingerprint density at radius 2 is 2.08 bits per heavy atom. The minimum absolute atomic E-state index is 0.0880. The van der Waals surface area contributed by atoms with Crippen molar-refractivity contribution in [2.75, 3.05) is 13.1 Å². The Labute approximate surface area is 153 Å². The number of carboxylic acid groups (broad SMARTS) is 1. The molecule has 0 aliphatic carbocycles. The third-order valence-electron chi connectivity index (χ3n) is 4.26. The van der Waals surface area contributed by atoms with Gasteiger partial charge in [0.2, 0.25) is 5.89 Å². The highest BCUT2D eigenvalue weighted by Gasteiger charge is 2.30. The SMILES string of the molecule is CC(C)(Cc1nnc(-c2nc(C(=O)N3CCC(F)CC3)cs2)o1)C(=O)O. The van der Waals surface area contributed by atoms with Gasteiger partial charge in [-0.05, 0) is 26.7 Å². The van der Waals surface area contributed by atoms with E-state index in [4.69, 9.17) is 9.52 Å². The van der Waals surface area contributed by atoms with Crippen molar-refractivity contribution >= 4 is 23.2 Å². The number of thiazole rings is 1. The summed E-state index contributed by atoms with van der Waals surface area (Å²) in [4.78, 5) is 29.4. The normalized spacial score (nSPS) is 16.0. The van der Waals surface area contributed by atoms with Crippen molar-refractivity contribution in [2.24, 2.45) is 5.41 Å². The minimum atomic E-state index is -1.03. The minimum Gasteiger partial charge on any atom is -0.481 e. The molecule has 1 aliphatic heterocycles. The summed E-state index contributed by atoms with van der Waals surface area (Å²) in [6.45, 7) is 3.89. The van der Waals surface area contributed by atoms with Crippen molar-refractivity contribution < 1.29 is 23.5 Å². The van der Waals surface area contributed by atoms with Crippen molar-refractivity contribution in [3.05, 3.63) is 17.0 Å². The third-order valence-corrected chi connectivity index (χ3v) is 5.09. The number of amides is 1. The van der Waals surface area contributed by atoms with E-state index in [1.54, 1.807) is 24.1 Å². The van der Waals surface area contributed by atoms with Gasteiger partial charge in [0.15, 0.2) is 5.01 Å². The number of carboxylic acids is 1. The quantitative estimate of drug-likeness (QED) is 0.845. The Morgan fingerprint density at radius 1 is 1.38 bits per heavy atom. The predicted molar refractivity (Wildman–Crippen MR) is 90.6 cm³/mol. The monoisotopic (exact) mass is 382 g/mol. The van der Waals surface area contributed by atoms with Gasteiger partial charge in [-0.25, -0.2) is 9.37 Å². The van der Waals surface area contributed by atoms with Crippen LogP contribution in [0.1, 0.15) is 43.1 Å². The van der Waals surface area contributed by atoms with Crippen molar-refractivity contribution in [1.29, 1.82) is 0 Å². The number of carbonyl (C=O) groups excluding carboxylic acids is 1. The summed E-state index contributed by atoms with van der Waals surface area (Å²) < 4.78 is 18.7. The lowest BCUT2D eigenvalue weighted by Gasteiger charge is -2.27. The van der Waals surface area contributed by atoms with Gasteiger partial charge in [-0.3, -0.25) is 9.59 Å². The summed E-state index contributed by atoms with van der Waals surface area (Å²) >= 11 is 1.19. The molecule has 1 amide bonds. The van der Waals surface area contributed by atoms with E-state index in [0.29, 0.717) is 30.9 Å². The number of aromatic nitrogens is 3. The molecule has 0 spiro atoms. The number of halogens is 1. The first-order valence-electron chi connectivity index (χ1n) is 8.21. The first-order valence-corrected chi connectivity index (χ1v) is 9.09. The topological polar surface area (TPSA) is 109 Å². The van der Waals surface area contributed by atoms with Crippen LogP contribution in [0.2, 0.25) is 0 Å². The molecular formula is C16H19FN4O4S. The van der Waals surface area contributed by atoms with Gasteiger partial charge in [-0.1, -0.05) is 0 Å². The number of nitrogens with zero attached hydrogens (tertiary/aromatic N) is 4. The first-order chi connectivity index (χ1) is 12.3. The molecule has 0 aromatic carbocycles. The Kier molecular flexibility index (Phi) is 5.03. The number of rotatable bonds is 5. The fourth-order valence-corrected chi connectivity index (χ4v) is 3.26. The smallest absolute Gasteiger partial charge is 0.309 e. The van der Waals surface area contributed by atoms with Gasteiger partial charge in [-0.15, -0.1) is 21.5 Å². The lowest BCUT2D eigenvalue weighted by molar-refractivity contribution is -0.147. The molecule has 3 heterocycles. The summed E-state index contributed by atoms with van der Waals surface area (Å²) in [5.41, 5.74) is -0.774. The second kappa shape index (κ2) is 7.10. The maximum Gasteiger partial charge on any atom is 0.309 e. The summed E-state index contributed by atoms with van der Waals surface area (Å²) in [6.07, 6.45) is -0.0774. The van der Waals surface area contributed by atoms with Crippen LogP contribution in [0.3, 0.4) is 0 Å². The molecule has 3 rings (SSSR count). The highest BCUT2D eigenvalue weighted by molar-refractivity contribution is 7.13. The van der Waals surface area contributed by atoms with Crippen LogP contribution in [0.25, 0.3) is 10.9 Å². The molecule has 0 radical (unpaired) electrons. The molecule has 8 nitrogen and oxygen atoms in total. The lowest BCUT2D eigenvalue weighted by atomic mass is 9.90. The van der Waals surface area contributed by atoms with Gasteiger partial charge in [0, 0.05) is 24.9 Å². The van der Waals surface area contributed by atoms with Crippen LogP contribution in [0, 0.1) is 5.41 Å². The molecule has 0 bridgehead atoms. The van der Waals surface area contributed by atoms with E-state index in [0.717, 1.165) is 0 Å². The molecular weight excluding hydrogens is 363 g/mol. The molecule has 26 heavy (non-hydrogen) atoms. The average molecular weight is 382 g/mol. The van der Waals surface area contributed by atoms with Crippen LogP contribution in [0.5, 0.6) is 0 Å². The largest absolute Gasteiger partial charge is 0.481 e. The number of carbonyl (C=O) groups is 2. The number of aliphatic carboxylic acids is 1. The van der Waals surface area contributed by atoms with Gasteiger partial charge in [0.25, 0.3) is 11.8 Å². The fourth-order valence-electron chi connectivity index (χ4n) is 2.55. The first kappa shape index (κ1) is 18.4. The maximum atomic E-state index is 13.2. The second-order valence-electron chi connectivity index (χ2n) is 6.87. The predicted octanol–water partition coefficient (Wildman–Crippen LogP) is 2.42. The van der Waals surface area contributed by atoms with E-state index >= 15 is 0 Å². The van der Waals surface area contributed by atoms with Gasteiger partial charge >= 0.3 is 5.97 Å². The molecule has 1 N–H and O–H groups in total. The molecule has 1 saturated heterocycles. The molecule has 2 aromatic heterocycles. The van der Waals surface area contributed by atoms with Crippen molar-refractivity contribution in [3.63, 3.8) is 0 Å². The molecule has 0 atom stereocenters. The third kappa shape index (κ3) is 3.90. The Bertz CT molecular complexity index is 811. The van der Waals surface area contributed by atoms with Crippen LogP contribution < -0.4 is 0 Å². The number of hydrogen-bond acceptors (Lipinski definition) is 7. The number of likely N-dealkylation sites (tertiary alicyclic amines) is 1. The highest BCUT2D eigenvalue weighted by atomic mass is 32.1. The van der Waals surface area contributed by atoms with Gasteiger partial charge in [0.05, 0.1) is 5.41 Å². The Hall–Kier alpha value is -2.36. The summed E-state index contributed by atoms with van der Waals surface area (Å²) in [5, 5.41) is 18.9. The van der Waals surface area contributed by atoms with E-state index in [1.807, 2.05) is 0 Å². The second-order valence-corrected chi connectivity index (χ2v) is 7.73. The average Bonchev–Trinajstić information content (AvgIpc) is 3.23. The molecule has 1 aliphatic rings. The standard InChI is InChI=1S/C16H19FN4O4S/c1-16(2,15(23)24)7-11-19-20-12(25-11)13-18-10(8-26-13)14(22)21-5-3-9(17)4-6-21/h8-9H,3-7H2,1-2H3,(H,23,24). The zero-order chi connectivity index (χ0) is 18.9. The van der Waals surface area contributed by atoms with Crippen LogP contribution >= 0.6 is 11.3 Å². The Balaban J connectivity index is 1.70. The van der Waals surface area contributed by atoms with E-state index in [1.165, 1.54) is 11.3 Å². The molecule has 2 aromatic rings. The van der Waals surface area contributed by atoms with Gasteiger partial charge in [0.1, 0.15) is 11.9 Å². The van der Waals surface area contributed by atoms with E-state index in [9.17, 15) is 14.0 Å². The van der Waals surface area contributed by atoms with Crippen LogP contribution in [-0.2, 0) is 11.2 Å². The van der Waals surface area contributed by atoms with E-state index < -0.39 is 17.6 Å². The zero-order valence-electron chi connectivity index (χ0n) is 14.4. The van der Waals surface area contributed by atoms with E-state index in [-0.39, 0.29) is 29.8 Å². The van der Waals surface area contributed by atoms with Crippen molar-refractivity contribution in [1.82, 2.24) is 20.1 Å². The van der Waals surface area contributed by atoms with Crippen LogP contribution in [0.15, 0.2) is 9.80 Å². The molecule has 1 fully saturated rings. The Morgan fingerprint density at radius 3 is 2.73 bits per heavy atom. The number of alkyl halides is 1. The highest BCUT2D eigenvalue weighted by Crippen LogP contribution is 2.27. The lowest BCUT2D eigenvalue weighted by Crippen LogP contribution is -2.39. The van der Waals surface area contributed by atoms with Gasteiger partial charge < -0.3 is 14.4 Å². The molecule has 0 unspecified atom stereocenters. The number of hydrogen-bond donors (Lipinski definition) is 1. The fraction of sp³-hybridized carbons (Fsp3) is 0.562.